The van der Waals surface area contributed by atoms with Gasteiger partial charge in [-0.25, -0.2) is 8.42 Å². The van der Waals surface area contributed by atoms with Crippen molar-refractivity contribution in [1.29, 1.82) is 0 Å². The highest BCUT2D eigenvalue weighted by Gasteiger charge is 2.05. The minimum atomic E-state index is -3.32. The van der Waals surface area contributed by atoms with Gasteiger partial charge in [-0.1, -0.05) is 11.6 Å². The Morgan fingerprint density at radius 3 is 2.53 bits per heavy atom. The van der Waals surface area contributed by atoms with Crippen LogP contribution < -0.4 is 4.72 Å². The Balaban J connectivity index is 2.90. The summed E-state index contributed by atoms with van der Waals surface area (Å²) in [7, 11) is -3.32. The molecule has 0 aromatic heterocycles. The maximum atomic E-state index is 11.1. The number of Topliss-reactive ketones (excluding diaryl/α,β-unsaturated/α-hetero) is 1. The van der Waals surface area contributed by atoms with Crippen molar-refractivity contribution < 1.29 is 13.2 Å². The summed E-state index contributed by atoms with van der Waals surface area (Å²) in [5, 5.41) is 0.442. The lowest BCUT2D eigenvalue weighted by Crippen LogP contribution is -2.09. The standard InChI is InChI=1S/C11H14ClNO3S/c1-8(14)3-4-9-5-10(12)7-11(6-9)13-17(2,15)16/h5-7,13H,3-4H2,1-2H3. The molecular formula is C11H14ClNO3S. The lowest BCUT2D eigenvalue weighted by atomic mass is 10.1. The minimum absolute atomic E-state index is 0.0857. The molecule has 0 radical (unpaired) electrons. The number of rotatable bonds is 5. The molecule has 94 valence electrons. The van der Waals surface area contributed by atoms with Crippen LogP contribution in [0.25, 0.3) is 0 Å². The summed E-state index contributed by atoms with van der Waals surface area (Å²) in [4.78, 5) is 10.9. The van der Waals surface area contributed by atoms with Gasteiger partial charge in [0, 0.05) is 11.4 Å². The number of sulfonamides is 1. The Morgan fingerprint density at radius 2 is 2.00 bits per heavy atom. The molecule has 17 heavy (non-hydrogen) atoms. The third-order valence-corrected chi connectivity index (χ3v) is 2.85. The lowest BCUT2D eigenvalue weighted by Gasteiger charge is -2.07. The van der Waals surface area contributed by atoms with Gasteiger partial charge in [-0.05, 0) is 37.1 Å². The van der Waals surface area contributed by atoms with Gasteiger partial charge < -0.3 is 4.79 Å². The number of hydrogen-bond acceptors (Lipinski definition) is 3. The molecular weight excluding hydrogens is 262 g/mol. The third-order valence-electron chi connectivity index (χ3n) is 2.03. The Labute approximate surface area is 106 Å². The van der Waals surface area contributed by atoms with Crippen molar-refractivity contribution in [1.82, 2.24) is 0 Å². The molecule has 4 nitrogen and oxygen atoms in total. The van der Waals surface area contributed by atoms with Crippen LogP contribution in [-0.2, 0) is 21.2 Å². The Kier molecular flexibility index (Phi) is 4.54. The van der Waals surface area contributed by atoms with Gasteiger partial charge in [0.1, 0.15) is 5.78 Å². The van der Waals surface area contributed by atoms with Crippen LogP contribution in [0.2, 0.25) is 5.02 Å². The normalized spacial score (nSPS) is 11.2. The first-order valence-corrected chi connectivity index (χ1v) is 7.30. The molecule has 1 aromatic carbocycles. The van der Waals surface area contributed by atoms with Crippen molar-refractivity contribution >= 4 is 33.1 Å². The second-order valence-electron chi connectivity index (χ2n) is 3.92. The van der Waals surface area contributed by atoms with E-state index in [4.69, 9.17) is 11.6 Å². The van der Waals surface area contributed by atoms with Gasteiger partial charge in [0.05, 0.1) is 11.9 Å². The zero-order valence-corrected chi connectivity index (χ0v) is 11.2. The van der Waals surface area contributed by atoms with Crippen LogP contribution in [0.3, 0.4) is 0 Å². The second-order valence-corrected chi connectivity index (χ2v) is 6.11. The van der Waals surface area contributed by atoms with Gasteiger partial charge in [0.2, 0.25) is 10.0 Å². The highest BCUT2D eigenvalue weighted by molar-refractivity contribution is 7.92. The fraction of sp³-hybridized carbons (Fsp3) is 0.364. The van der Waals surface area contributed by atoms with E-state index in [9.17, 15) is 13.2 Å². The summed E-state index contributed by atoms with van der Waals surface area (Å²) in [6.07, 6.45) is 2.04. The van der Waals surface area contributed by atoms with Crippen molar-refractivity contribution in [2.24, 2.45) is 0 Å². The van der Waals surface area contributed by atoms with Crippen LogP contribution in [0.1, 0.15) is 18.9 Å². The smallest absolute Gasteiger partial charge is 0.229 e. The van der Waals surface area contributed by atoms with Crippen LogP contribution in [0.5, 0.6) is 0 Å². The van der Waals surface area contributed by atoms with Gasteiger partial charge in [0.15, 0.2) is 0 Å². The maximum Gasteiger partial charge on any atom is 0.229 e. The molecule has 1 rings (SSSR count). The molecule has 0 fully saturated rings. The molecule has 0 bridgehead atoms. The zero-order chi connectivity index (χ0) is 13.1. The number of benzene rings is 1. The number of anilines is 1. The van der Waals surface area contributed by atoms with Crippen LogP contribution in [-0.4, -0.2) is 20.5 Å². The molecule has 0 unspecified atom stereocenters. The number of carbonyl (C=O) groups is 1. The monoisotopic (exact) mass is 275 g/mol. The van der Waals surface area contributed by atoms with E-state index in [1.54, 1.807) is 12.1 Å². The molecule has 0 spiro atoms. The van der Waals surface area contributed by atoms with Crippen molar-refractivity contribution in [3.05, 3.63) is 28.8 Å². The van der Waals surface area contributed by atoms with Crippen LogP contribution in [0.4, 0.5) is 5.69 Å². The molecule has 1 N–H and O–H groups in total. The van der Waals surface area contributed by atoms with Gasteiger partial charge >= 0.3 is 0 Å². The summed E-state index contributed by atoms with van der Waals surface area (Å²) in [5.74, 6) is 0.0857. The first-order valence-electron chi connectivity index (χ1n) is 5.03. The Bertz CT molecular complexity index is 526. The second kappa shape index (κ2) is 5.51. The SMILES string of the molecule is CC(=O)CCc1cc(Cl)cc(NS(C)(=O)=O)c1. The van der Waals surface area contributed by atoms with Crippen molar-refractivity contribution in [3.63, 3.8) is 0 Å². The Morgan fingerprint density at radius 1 is 1.35 bits per heavy atom. The summed E-state index contributed by atoms with van der Waals surface area (Å²) >= 11 is 5.87. The average molecular weight is 276 g/mol. The van der Waals surface area contributed by atoms with Gasteiger partial charge in [-0.2, -0.15) is 0 Å². The number of carbonyl (C=O) groups excluding carboxylic acids is 1. The number of nitrogens with one attached hydrogen (secondary N) is 1. The van der Waals surface area contributed by atoms with E-state index >= 15 is 0 Å². The first-order chi connectivity index (χ1) is 7.76. The summed E-state index contributed by atoms with van der Waals surface area (Å²) in [5.41, 5.74) is 1.25. The molecule has 0 amide bonds. The van der Waals surface area contributed by atoms with Crippen molar-refractivity contribution in [3.8, 4) is 0 Å². The molecule has 0 saturated carbocycles. The van der Waals surface area contributed by atoms with Gasteiger partial charge in [0.25, 0.3) is 0 Å². The van der Waals surface area contributed by atoms with Crippen LogP contribution in [0.15, 0.2) is 18.2 Å². The van der Waals surface area contributed by atoms with E-state index in [0.717, 1.165) is 11.8 Å². The van der Waals surface area contributed by atoms with E-state index < -0.39 is 10.0 Å². The zero-order valence-electron chi connectivity index (χ0n) is 9.66. The topological polar surface area (TPSA) is 63.2 Å². The molecule has 0 aliphatic heterocycles. The molecule has 0 aliphatic carbocycles. The minimum Gasteiger partial charge on any atom is -0.300 e. The summed E-state index contributed by atoms with van der Waals surface area (Å²) in [6.45, 7) is 1.51. The number of ketones is 1. The molecule has 1 aromatic rings. The van der Waals surface area contributed by atoms with Crippen LogP contribution >= 0.6 is 11.6 Å². The van der Waals surface area contributed by atoms with E-state index in [1.807, 2.05) is 0 Å². The summed E-state index contributed by atoms with van der Waals surface area (Å²) < 4.78 is 24.5. The fourth-order valence-electron chi connectivity index (χ4n) is 1.39. The van der Waals surface area contributed by atoms with E-state index in [0.29, 0.717) is 23.6 Å². The van der Waals surface area contributed by atoms with Gasteiger partial charge in [-0.15, -0.1) is 0 Å². The highest BCUT2D eigenvalue weighted by atomic mass is 35.5. The molecule has 0 heterocycles. The van der Waals surface area contributed by atoms with E-state index in [1.165, 1.54) is 13.0 Å². The quantitative estimate of drug-likeness (QED) is 0.896. The largest absolute Gasteiger partial charge is 0.300 e. The summed E-state index contributed by atoms with van der Waals surface area (Å²) in [6, 6.07) is 4.92. The Hall–Kier alpha value is -1.07. The fourth-order valence-corrected chi connectivity index (χ4v) is 2.19. The third kappa shape index (κ3) is 5.70. The lowest BCUT2D eigenvalue weighted by molar-refractivity contribution is -0.116. The predicted molar refractivity (Wildman–Crippen MR) is 68.9 cm³/mol. The first kappa shape index (κ1) is 14.0. The number of halogens is 1. The van der Waals surface area contributed by atoms with Crippen molar-refractivity contribution in [2.45, 2.75) is 19.8 Å². The van der Waals surface area contributed by atoms with Gasteiger partial charge in [-0.3, -0.25) is 4.72 Å². The molecule has 0 saturated heterocycles. The van der Waals surface area contributed by atoms with Crippen LogP contribution in [0, 0.1) is 0 Å². The maximum absolute atomic E-state index is 11.1. The highest BCUT2D eigenvalue weighted by Crippen LogP contribution is 2.20. The van der Waals surface area contributed by atoms with E-state index in [-0.39, 0.29) is 5.78 Å². The molecule has 6 heteroatoms. The average Bonchev–Trinajstić information content (AvgIpc) is 2.10. The van der Waals surface area contributed by atoms with Crippen molar-refractivity contribution in [2.75, 3.05) is 11.0 Å². The predicted octanol–water partition coefficient (Wildman–Crippen LogP) is 2.23. The number of hydrogen-bond donors (Lipinski definition) is 1. The number of aryl methyl sites for hydroxylation is 1. The van der Waals surface area contributed by atoms with E-state index in [2.05, 4.69) is 4.72 Å². The molecule has 0 atom stereocenters. The molecule has 0 aliphatic rings.